The molecule has 0 bridgehead atoms. The first-order chi connectivity index (χ1) is 11.4. The number of carbonyl (C=O) groups excluding carboxylic acids is 2. The van der Waals surface area contributed by atoms with E-state index in [4.69, 9.17) is 10.2 Å². The van der Waals surface area contributed by atoms with Gasteiger partial charge in [-0.3, -0.25) is 9.59 Å². The second kappa shape index (κ2) is 11.3. The standard InChI is InChI=1S/C18H30N2O3S/c1-4-5-8-16(20-18(22)15(19)10-13(2)3)17(21)12-24-11-14-7-6-9-23-14/h6-7,9,13,15-16H,4-5,8,10-12,19H2,1-3H3,(H,20,22)/t15-,16-/m0/s1. The number of furan rings is 1. The summed E-state index contributed by atoms with van der Waals surface area (Å²) in [6.45, 7) is 6.12. The Hall–Kier alpha value is -1.27. The highest BCUT2D eigenvalue weighted by Crippen LogP contribution is 2.14. The summed E-state index contributed by atoms with van der Waals surface area (Å²) in [5.41, 5.74) is 5.92. The van der Waals surface area contributed by atoms with Gasteiger partial charge in [-0.25, -0.2) is 0 Å². The van der Waals surface area contributed by atoms with Gasteiger partial charge in [0.05, 0.1) is 29.9 Å². The molecular formula is C18H30N2O3S. The minimum absolute atomic E-state index is 0.0464. The number of hydrogen-bond acceptors (Lipinski definition) is 5. The molecule has 0 aliphatic carbocycles. The SMILES string of the molecule is CCCC[C@H](NC(=O)[C@@H](N)CC(C)C)C(=O)CSCc1ccco1. The van der Waals surface area contributed by atoms with Crippen LogP contribution in [0.2, 0.25) is 0 Å². The van der Waals surface area contributed by atoms with Crippen molar-refractivity contribution >= 4 is 23.5 Å². The number of amides is 1. The second-order valence-corrected chi connectivity index (χ2v) is 7.46. The fourth-order valence-corrected chi connectivity index (χ4v) is 3.23. The van der Waals surface area contributed by atoms with Gasteiger partial charge in [0.25, 0.3) is 0 Å². The average molecular weight is 355 g/mol. The highest BCUT2D eigenvalue weighted by atomic mass is 32.2. The predicted octanol–water partition coefficient (Wildman–Crippen LogP) is 3.13. The van der Waals surface area contributed by atoms with E-state index in [-0.39, 0.29) is 11.7 Å². The molecule has 2 atom stereocenters. The minimum atomic E-state index is -0.558. The molecule has 0 aromatic carbocycles. The quantitative estimate of drug-likeness (QED) is 0.602. The Bertz CT molecular complexity index is 488. The molecular weight excluding hydrogens is 324 g/mol. The van der Waals surface area contributed by atoms with Crippen LogP contribution in [-0.4, -0.2) is 29.5 Å². The number of hydrogen-bond donors (Lipinski definition) is 2. The Labute approximate surface area is 149 Å². The molecule has 0 saturated carbocycles. The maximum absolute atomic E-state index is 12.5. The number of carbonyl (C=O) groups is 2. The minimum Gasteiger partial charge on any atom is -0.468 e. The normalized spacial score (nSPS) is 13.7. The van der Waals surface area contributed by atoms with Crippen LogP contribution in [0.25, 0.3) is 0 Å². The Morgan fingerprint density at radius 1 is 1.38 bits per heavy atom. The molecule has 1 heterocycles. The fraction of sp³-hybridized carbons (Fsp3) is 0.667. The summed E-state index contributed by atoms with van der Waals surface area (Å²) in [6.07, 6.45) is 4.79. The van der Waals surface area contributed by atoms with Crippen LogP contribution < -0.4 is 11.1 Å². The van der Waals surface area contributed by atoms with Crippen molar-refractivity contribution in [3.05, 3.63) is 24.2 Å². The first kappa shape index (κ1) is 20.8. The monoisotopic (exact) mass is 354 g/mol. The Balaban J connectivity index is 2.49. The van der Waals surface area contributed by atoms with Gasteiger partial charge in [-0.15, -0.1) is 11.8 Å². The van der Waals surface area contributed by atoms with Gasteiger partial charge in [0, 0.05) is 0 Å². The zero-order valence-corrected chi connectivity index (χ0v) is 15.7. The number of rotatable bonds is 12. The largest absolute Gasteiger partial charge is 0.468 e. The molecule has 6 heteroatoms. The van der Waals surface area contributed by atoms with E-state index < -0.39 is 12.1 Å². The van der Waals surface area contributed by atoms with E-state index in [2.05, 4.69) is 12.2 Å². The van der Waals surface area contributed by atoms with Crippen LogP contribution in [0.1, 0.15) is 52.2 Å². The number of Topliss-reactive ketones (excluding diaryl/α,β-unsaturated/α-hetero) is 1. The van der Waals surface area contributed by atoms with Gasteiger partial charge in [0.1, 0.15) is 5.76 Å². The summed E-state index contributed by atoms with van der Waals surface area (Å²) >= 11 is 1.50. The van der Waals surface area contributed by atoms with Gasteiger partial charge in [0.15, 0.2) is 5.78 Å². The lowest BCUT2D eigenvalue weighted by Crippen LogP contribution is -2.49. The summed E-state index contributed by atoms with van der Waals surface area (Å²) in [4.78, 5) is 24.7. The summed E-state index contributed by atoms with van der Waals surface area (Å²) in [7, 11) is 0. The number of ketones is 1. The van der Waals surface area contributed by atoms with Crippen LogP contribution in [0.5, 0.6) is 0 Å². The van der Waals surface area contributed by atoms with Crippen LogP contribution in [0.15, 0.2) is 22.8 Å². The number of nitrogens with one attached hydrogen (secondary N) is 1. The molecule has 3 N–H and O–H groups in total. The molecule has 0 aliphatic heterocycles. The van der Waals surface area contributed by atoms with E-state index in [9.17, 15) is 9.59 Å². The molecule has 0 aliphatic rings. The van der Waals surface area contributed by atoms with E-state index >= 15 is 0 Å². The number of nitrogens with two attached hydrogens (primary N) is 1. The van der Waals surface area contributed by atoms with Crippen molar-refractivity contribution < 1.29 is 14.0 Å². The summed E-state index contributed by atoms with van der Waals surface area (Å²) in [5.74, 6) is 2.02. The molecule has 5 nitrogen and oxygen atoms in total. The third-order valence-electron chi connectivity index (χ3n) is 3.68. The summed E-state index contributed by atoms with van der Waals surface area (Å²) < 4.78 is 5.26. The molecule has 0 saturated heterocycles. The van der Waals surface area contributed by atoms with Crippen LogP contribution in [0.4, 0.5) is 0 Å². The molecule has 1 rings (SSSR count). The maximum Gasteiger partial charge on any atom is 0.237 e. The molecule has 0 spiro atoms. The predicted molar refractivity (Wildman–Crippen MR) is 98.8 cm³/mol. The molecule has 0 radical (unpaired) electrons. The molecule has 1 aromatic rings. The molecule has 24 heavy (non-hydrogen) atoms. The van der Waals surface area contributed by atoms with E-state index in [1.807, 2.05) is 26.0 Å². The van der Waals surface area contributed by atoms with E-state index in [1.54, 1.807) is 6.26 Å². The lowest BCUT2D eigenvalue weighted by Gasteiger charge is -2.20. The van der Waals surface area contributed by atoms with Crippen molar-refractivity contribution in [1.29, 1.82) is 0 Å². The molecule has 0 fully saturated rings. The first-order valence-corrected chi connectivity index (χ1v) is 9.78. The van der Waals surface area contributed by atoms with Crippen molar-refractivity contribution in [2.24, 2.45) is 11.7 Å². The van der Waals surface area contributed by atoms with Crippen LogP contribution >= 0.6 is 11.8 Å². The highest BCUT2D eigenvalue weighted by molar-refractivity contribution is 7.99. The van der Waals surface area contributed by atoms with Crippen molar-refractivity contribution in [3.63, 3.8) is 0 Å². The van der Waals surface area contributed by atoms with E-state index in [1.165, 1.54) is 11.8 Å². The lowest BCUT2D eigenvalue weighted by atomic mass is 10.0. The van der Waals surface area contributed by atoms with Gasteiger partial charge in [0.2, 0.25) is 5.91 Å². The third-order valence-corrected chi connectivity index (χ3v) is 4.66. The maximum atomic E-state index is 12.5. The molecule has 1 amide bonds. The van der Waals surface area contributed by atoms with Gasteiger partial charge < -0.3 is 15.5 Å². The Kier molecular flexibility index (Phi) is 9.79. The second-order valence-electron chi connectivity index (χ2n) is 6.48. The van der Waals surface area contributed by atoms with Crippen LogP contribution in [0, 0.1) is 5.92 Å². The zero-order valence-electron chi connectivity index (χ0n) is 14.9. The van der Waals surface area contributed by atoms with Gasteiger partial charge in [-0.2, -0.15) is 0 Å². The Morgan fingerprint density at radius 2 is 2.12 bits per heavy atom. The zero-order chi connectivity index (χ0) is 17.9. The lowest BCUT2D eigenvalue weighted by molar-refractivity contribution is -0.127. The smallest absolute Gasteiger partial charge is 0.237 e. The van der Waals surface area contributed by atoms with Gasteiger partial charge in [-0.1, -0.05) is 33.6 Å². The van der Waals surface area contributed by atoms with Crippen molar-refractivity contribution in [3.8, 4) is 0 Å². The van der Waals surface area contributed by atoms with E-state index in [0.717, 1.165) is 18.6 Å². The molecule has 0 unspecified atom stereocenters. The molecule has 136 valence electrons. The average Bonchev–Trinajstić information content (AvgIpc) is 3.03. The molecule has 1 aromatic heterocycles. The van der Waals surface area contributed by atoms with Crippen molar-refractivity contribution in [1.82, 2.24) is 5.32 Å². The summed E-state index contributed by atoms with van der Waals surface area (Å²) in [6, 6.07) is 2.72. The fourth-order valence-electron chi connectivity index (χ4n) is 2.36. The Morgan fingerprint density at radius 3 is 2.71 bits per heavy atom. The van der Waals surface area contributed by atoms with Crippen molar-refractivity contribution in [2.45, 2.75) is 64.3 Å². The van der Waals surface area contributed by atoms with Crippen LogP contribution in [0.3, 0.4) is 0 Å². The highest BCUT2D eigenvalue weighted by Gasteiger charge is 2.23. The van der Waals surface area contributed by atoms with Crippen LogP contribution in [-0.2, 0) is 15.3 Å². The van der Waals surface area contributed by atoms with E-state index in [0.29, 0.717) is 30.3 Å². The number of thioether (sulfide) groups is 1. The van der Waals surface area contributed by atoms with Gasteiger partial charge in [-0.05, 0) is 30.9 Å². The first-order valence-electron chi connectivity index (χ1n) is 8.62. The van der Waals surface area contributed by atoms with Crippen molar-refractivity contribution in [2.75, 3.05) is 5.75 Å². The number of unbranched alkanes of at least 4 members (excludes halogenated alkanes) is 1. The van der Waals surface area contributed by atoms with Gasteiger partial charge >= 0.3 is 0 Å². The topological polar surface area (TPSA) is 85.3 Å². The summed E-state index contributed by atoms with van der Waals surface area (Å²) in [5, 5.41) is 2.85. The third kappa shape index (κ3) is 8.02.